The van der Waals surface area contributed by atoms with Gasteiger partial charge >= 0.3 is 5.97 Å². The molecular formula is C20H23NO3S. The molecular weight excluding hydrogens is 334 g/mol. The average molecular weight is 357 g/mol. The zero-order valence-corrected chi connectivity index (χ0v) is 15.9. The Balaban J connectivity index is 1.99. The van der Waals surface area contributed by atoms with Gasteiger partial charge in [0.25, 0.3) is 5.91 Å². The van der Waals surface area contributed by atoms with Crippen LogP contribution in [0.3, 0.4) is 0 Å². The fraction of sp³-hybridized carbons (Fsp3) is 0.400. The molecule has 0 unspecified atom stereocenters. The van der Waals surface area contributed by atoms with Crippen LogP contribution in [0.15, 0.2) is 12.1 Å². The maximum Gasteiger partial charge on any atom is 0.341 e. The number of esters is 1. The second kappa shape index (κ2) is 7.00. The second-order valence-electron chi connectivity index (χ2n) is 6.63. The summed E-state index contributed by atoms with van der Waals surface area (Å²) < 4.78 is 4.97. The van der Waals surface area contributed by atoms with Crippen molar-refractivity contribution in [3.63, 3.8) is 0 Å². The number of thiophene rings is 1. The number of carbonyl (C=O) groups excluding carboxylic acids is 2. The van der Waals surface area contributed by atoms with Crippen LogP contribution in [0.2, 0.25) is 0 Å². The molecule has 0 spiro atoms. The van der Waals surface area contributed by atoms with Crippen LogP contribution in [-0.2, 0) is 17.6 Å². The van der Waals surface area contributed by atoms with Crippen LogP contribution >= 0.6 is 11.3 Å². The highest BCUT2D eigenvalue weighted by Gasteiger charge is 2.27. The zero-order chi connectivity index (χ0) is 18.1. The normalized spacial score (nSPS) is 13.3. The summed E-state index contributed by atoms with van der Waals surface area (Å²) in [4.78, 5) is 26.4. The van der Waals surface area contributed by atoms with Gasteiger partial charge in [-0.2, -0.15) is 0 Å². The van der Waals surface area contributed by atoms with Crippen molar-refractivity contribution in [3.8, 4) is 0 Å². The molecule has 1 heterocycles. The van der Waals surface area contributed by atoms with Crippen LogP contribution in [0.1, 0.15) is 60.7 Å². The van der Waals surface area contributed by atoms with Gasteiger partial charge in [-0.1, -0.05) is 17.7 Å². The molecule has 1 amide bonds. The molecule has 0 bridgehead atoms. The van der Waals surface area contributed by atoms with Gasteiger partial charge in [0.05, 0.1) is 12.7 Å². The number of amides is 1. The minimum atomic E-state index is -0.368. The average Bonchev–Trinajstić information content (AvgIpc) is 2.90. The highest BCUT2D eigenvalue weighted by atomic mass is 32.1. The van der Waals surface area contributed by atoms with E-state index < -0.39 is 0 Å². The number of anilines is 1. The smallest absolute Gasteiger partial charge is 0.341 e. The van der Waals surface area contributed by atoms with E-state index in [1.807, 2.05) is 32.9 Å². The molecule has 4 nitrogen and oxygen atoms in total. The summed E-state index contributed by atoms with van der Waals surface area (Å²) in [6.45, 7) is 5.90. The molecule has 0 saturated carbocycles. The lowest BCUT2D eigenvalue weighted by atomic mass is 9.95. The van der Waals surface area contributed by atoms with Gasteiger partial charge in [-0.25, -0.2) is 4.79 Å². The van der Waals surface area contributed by atoms with E-state index >= 15 is 0 Å². The Morgan fingerprint density at radius 2 is 1.68 bits per heavy atom. The molecule has 132 valence electrons. The number of nitrogens with one attached hydrogen (secondary N) is 1. The molecule has 0 radical (unpaired) electrons. The molecule has 0 atom stereocenters. The van der Waals surface area contributed by atoms with Crippen molar-refractivity contribution in [2.24, 2.45) is 0 Å². The number of hydrogen-bond acceptors (Lipinski definition) is 4. The third kappa shape index (κ3) is 3.33. The van der Waals surface area contributed by atoms with Gasteiger partial charge in [-0.3, -0.25) is 4.79 Å². The number of rotatable bonds is 3. The van der Waals surface area contributed by atoms with E-state index in [-0.39, 0.29) is 11.9 Å². The van der Waals surface area contributed by atoms with Crippen molar-refractivity contribution in [2.75, 3.05) is 12.4 Å². The monoisotopic (exact) mass is 357 g/mol. The number of methoxy groups -OCH3 is 1. The molecule has 1 aliphatic carbocycles. The molecule has 0 saturated heterocycles. The first-order valence-corrected chi connectivity index (χ1v) is 9.36. The second-order valence-corrected chi connectivity index (χ2v) is 7.74. The lowest BCUT2D eigenvalue weighted by Gasteiger charge is -2.13. The van der Waals surface area contributed by atoms with E-state index in [4.69, 9.17) is 4.74 Å². The van der Waals surface area contributed by atoms with Crippen LogP contribution in [0.5, 0.6) is 0 Å². The summed E-state index contributed by atoms with van der Waals surface area (Å²) >= 11 is 1.51. The Kier molecular flexibility index (Phi) is 4.95. The number of benzene rings is 1. The van der Waals surface area contributed by atoms with E-state index in [0.717, 1.165) is 47.9 Å². The number of aryl methyl sites for hydroxylation is 4. The Labute approximate surface area is 152 Å². The van der Waals surface area contributed by atoms with Crippen molar-refractivity contribution in [1.82, 2.24) is 0 Å². The quantitative estimate of drug-likeness (QED) is 0.817. The van der Waals surface area contributed by atoms with Crippen LogP contribution in [0.25, 0.3) is 0 Å². The molecule has 0 fully saturated rings. The Bertz CT molecular complexity index is 828. The molecule has 1 aromatic carbocycles. The first kappa shape index (κ1) is 17.7. The molecule has 1 aromatic heterocycles. The number of fused-ring (bicyclic) bond motifs is 1. The molecule has 1 aliphatic rings. The van der Waals surface area contributed by atoms with Crippen molar-refractivity contribution in [2.45, 2.75) is 46.5 Å². The molecule has 25 heavy (non-hydrogen) atoms. The highest BCUT2D eigenvalue weighted by molar-refractivity contribution is 7.17. The molecule has 0 aliphatic heterocycles. The van der Waals surface area contributed by atoms with Gasteiger partial charge in [-0.15, -0.1) is 11.3 Å². The lowest BCUT2D eigenvalue weighted by molar-refractivity contribution is 0.0601. The van der Waals surface area contributed by atoms with Gasteiger partial charge in [0.2, 0.25) is 0 Å². The van der Waals surface area contributed by atoms with Crippen LogP contribution in [0.4, 0.5) is 5.00 Å². The minimum absolute atomic E-state index is 0.168. The number of ether oxygens (including phenoxy) is 1. The zero-order valence-electron chi connectivity index (χ0n) is 15.1. The van der Waals surface area contributed by atoms with E-state index in [2.05, 4.69) is 5.32 Å². The summed E-state index contributed by atoms with van der Waals surface area (Å²) in [6.07, 6.45) is 4.02. The molecule has 3 rings (SSSR count). The Morgan fingerprint density at radius 1 is 1.04 bits per heavy atom. The SMILES string of the molecule is COC(=O)c1c(NC(=O)c2c(C)cc(C)cc2C)sc2c1CCCC2. The fourth-order valence-corrected chi connectivity index (χ4v) is 4.95. The maximum atomic E-state index is 12.9. The van der Waals surface area contributed by atoms with Crippen LogP contribution in [0, 0.1) is 20.8 Å². The van der Waals surface area contributed by atoms with E-state index in [0.29, 0.717) is 16.1 Å². The molecule has 1 N–H and O–H groups in total. The highest BCUT2D eigenvalue weighted by Crippen LogP contribution is 2.39. The predicted molar refractivity (Wildman–Crippen MR) is 101 cm³/mol. The maximum absolute atomic E-state index is 12.9. The van der Waals surface area contributed by atoms with Gasteiger partial charge in [0.15, 0.2) is 0 Å². The summed E-state index contributed by atoms with van der Waals surface area (Å²) in [5.41, 5.74) is 5.28. The van der Waals surface area contributed by atoms with E-state index in [9.17, 15) is 9.59 Å². The van der Waals surface area contributed by atoms with Crippen LogP contribution < -0.4 is 5.32 Å². The van der Waals surface area contributed by atoms with Crippen molar-refractivity contribution in [3.05, 3.63) is 50.4 Å². The lowest BCUT2D eigenvalue weighted by Crippen LogP contribution is -2.17. The van der Waals surface area contributed by atoms with Crippen molar-refractivity contribution >= 4 is 28.2 Å². The third-order valence-corrected chi connectivity index (χ3v) is 5.90. The first-order chi connectivity index (χ1) is 11.9. The predicted octanol–water partition coefficient (Wildman–Crippen LogP) is 4.59. The summed E-state index contributed by atoms with van der Waals surface area (Å²) in [5, 5.41) is 3.59. The summed E-state index contributed by atoms with van der Waals surface area (Å²) in [5.74, 6) is -0.536. The van der Waals surface area contributed by atoms with Crippen molar-refractivity contribution in [1.29, 1.82) is 0 Å². The van der Waals surface area contributed by atoms with Gasteiger partial charge < -0.3 is 10.1 Å². The topological polar surface area (TPSA) is 55.4 Å². The summed E-state index contributed by atoms with van der Waals surface area (Å²) in [7, 11) is 1.38. The number of hydrogen-bond donors (Lipinski definition) is 1. The molecule has 5 heteroatoms. The fourth-order valence-electron chi connectivity index (χ4n) is 3.68. The van der Waals surface area contributed by atoms with Crippen LogP contribution in [-0.4, -0.2) is 19.0 Å². The standard InChI is InChI=1S/C20H23NO3S/c1-11-9-12(2)16(13(3)10-11)18(22)21-19-17(20(23)24-4)14-7-5-6-8-15(14)25-19/h9-10H,5-8H2,1-4H3,(H,21,22). The Hall–Kier alpha value is -2.14. The third-order valence-electron chi connectivity index (χ3n) is 4.69. The van der Waals surface area contributed by atoms with Crippen molar-refractivity contribution < 1.29 is 14.3 Å². The number of carbonyl (C=O) groups is 2. The van der Waals surface area contributed by atoms with Gasteiger partial charge in [-0.05, 0) is 63.1 Å². The van der Waals surface area contributed by atoms with Gasteiger partial charge in [0.1, 0.15) is 5.00 Å². The Morgan fingerprint density at radius 3 is 2.32 bits per heavy atom. The first-order valence-electron chi connectivity index (χ1n) is 8.54. The molecule has 2 aromatic rings. The summed E-state index contributed by atoms with van der Waals surface area (Å²) in [6, 6.07) is 4.01. The van der Waals surface area contributed by atoms with Gasteiger partial charge in [0, 0.05) is 10.4 Å². The van der Waals surface area contributed by atoms with E-state index in [1.54, 1.807) is 0 Å². The van der Waals surface area contributed by atoms with E-state index in [1.165, 1.54) is 23.3 Å². The minimum Gasteiger partial charge on any atom is -0.465 e. The largest absolute Gasteiger partial charge is 0.465 e.